The second kappa shape index (κ2) is 10.4. The van der Waals surface area contributed by atoms with Gasteiger partial charge in [-0.15, -0.1) is 0 Å². The van der Waals surface area contributed by atoms with Gasteiger partial charge in [-0.3, -0.25) is 9.59 Å². The lowest BCUT2D eigenvalue weighted by atomic mass is 10.1. The van der Waals surface area contributed by atoms with E-state index in [9.17, 15) is 9.59 Å². The van der Waals surface area contributed by atoms with E-state index in [2.05, 4.69) is 45.5 Å². The molecule has 3 aromatic carbocycles. The summed E-state index contributed by atoms with van der Waals surface area (Å²) >= 11 is 0. The molecule has 186 valence electrons. The Kier molecular flexibility index (Phi) is 6.88. The second-order valence-corrected chi connectivity index (χ2v) is 9.18. The summed E-state index contributed by atoms with van der Waals surface area (Å²) in [7, 11) is 0. The molecule has 2 unspecified atom stereocenters. The van der Waals surface area contributed by atoms with Crippen molar-refractivity contribution in [2.75, 3.05) is 10.6 Å². The molecule has 0 aliphatic carbocycles. The minimum Gasteiger partial charge on any atom is -0.479 e. The SMILES string of the molecule is CC1Oc2ccc(CNCc3ccc(CNCc4ccc5c(c4)NC(=O)C(C)O5)cc3)cc2NC1=O. The van der Waals surface area contributed by atoms with Crippen molar-refractivity contribution in [1.82, 2.24) is 10.6 Å². The molecule has 0 saturated heterocycles. The maximum atomic E-state index is 11.8. The summed E-state index contributed by atoms with van der Waals surface area (Å²) in [6.07, 6.45) is -0.932. The number of rotatable bonds is 8. The molecule has 0 bridgehead atoms. The standard InChI is InChI=1S/C28H30N4O4/c1-17-27(33)31-23-11-21(7-9-25(23)35-17)15-29-13-19-3-5-20(6-4-19)14-30-16-22-8-10-26-24(12-22)32-28(34)18(2)36-26/h3-12,17-18,29-30H,13-16H2,1-2H3,(H,31,33)(H,32,34). The lowest BCUT2D eigenvalue weighted by molar-refractivity contribution is -0.123. The van der Waals surface area contributed by atoms with Crippen molar-refractivity contribution in [2.24, 2.45) is 0 Å². The van der Waals surface area contributed by atoms with E-state index < -0.39 is 12.2 Å². The van der Waals surface area contributed by atoms with Crippen molar-refractivity contribution in [1.29, 1.82) is 0 Å². The van der Waals surface area contributed by atoms with Crippen LogP contribution in [0.15, 0.2) is 60.7 Å². The molecule has 5 rings (SSSR count). The number of carbonyl (C=O) groups excluding carboxylic acids is 2. The van der Waals surface area contributed by atoms with Crippen LogP contribution in [0.2, 0.25) is 0 Å². The minimum atomic E-state index is -0.466. The number of anilines is 2. The highest BCUT2D eigenvalue weighted by Gasteiger charge is 2.24. The molecule has 2 amide bonds. The van der Waals surface area contributed by atoms with Gasteiger partial charge in [-0.05, 0) is 60.4 Å². The van der Waals surface area contributed by atoms with Crippen molar-refractivity contribution in [2.45, 2.75) is 52.2 Å². The Balaban J connectivity index is 1.07. The zero-order valence-electron chi connectivity index (χ0n) is 20.4. The first kappa shape index (κ1) is 23.8. The summed E-state index contributed by atoms with van der Waals surface area (Å²) < 4.78 is 11.2. The predicted octanol–water partition coefficient (Wildman–Crippen LogP) is 3.71. The van der Waals surface area contributed by atoms with Crippen molar-refractivity contribution >= 4 is 23.2 Å². The highest BCUT2D eigenvalue weighted by molar-refractivity contribution is 5.98. The summed E-state index contributed by atoms with van der Waals surface area (Å²) in [4.78, 5) is 23.7. The Morgan fingerprint density at radius 3 is 1.39 bits per heavy atom. The average molecular weight is 487 g/mol. The molecule has 2 aliphatic rings. The Labute approximate surface area is 210 Å². The molecule has 4 N–H and O–H groups in total. The summed E-state index contributed by atoms with van der Waals surface area (Å²) in [6.45, 7) is 6.34. The fraction of sp³-hybridized carbons (Fsp3) is 0.286. The molecule has 8 heteroatoms. The number of fused-ring (bicyclic) bond motifs is 2. The van der Waals surface area contributed by atoms with Crippen molar-refractivity contribution < 1.29 is 19.1 Å². The Bertz CT molecular complexity index is 1180. The van der Waals surface area contributed by atoms with Crippen LogP contribution < -0.4 is 30.7 Å². The quantitative estimate of drug-likeness (QED) is 0.387. The van der Waals surface area contributed by atoms with E-state index in [1.54, 1.807) is 13.8 Å². The first-order chi connectivity index (χ1) is 17.4. The van der Waals surface area contributed by atoms with Crippen molar-refractivity contribution in [3.05, 3.63) is 82.9 Å². The monoisotopic (exact) mass is 486 g/mol. The molecular formula is C28H30N4O4. The van der Waals surface area contributed by atoms with Gasteiger partial charge in [0.25, 0.3) is 11.8 Å². The van der Waals surface area contributed by atoms with Gasteiger partial charge in [0.15, 0.2) is 12.2 Å². The van der Waals surface area contributed by atoms with Gasteiger partial charge in [0.1, 0.15) is 11.5 Å². The summed E-state index contributed by atoms with van der Waals surface area (Å²) in [5.41, 5.74) is 5.99. The molecule has 0 aromatic heterocycles. The number of hydrogen-bond acceptors (Lipinski definition) is 6. The van der Waals surface area contributed by atoms with E-state index in [0.717, 1.165) is 35.6 Å². The Hall–Kier alpha value is -3.88. The molecule has 0 radical (unpaired) electrons. The molecule has 36 heavy (non-hydrogen) atoms. The fourth-order valence-corrected chi connectivity index (χ4v) is 4.21. The van der Waals surface area contributed by atoms with Crippen LogP contribution in [0.1, 0.15) is 36.1 Å². The van der Waals surface area contributed by atoms with Gasteiger partial charge >= 0.3 is 0 Å². The summed E-state index contributed by atoms with van der Waals surface area (Å²) in [5, 5.41) is 12.7. The highest BCUT2D eigenvalue weighted by Crippen LogP contribution is 2.31. The van der Waals surface area contributed by atoms with Crippen molar-refractivity contribution in [3.8, 4) is 11.5 Å². The molecule has 3 aromatic rings. The van der Waals surface area contributed by atoms with Crippen LogP contribution in [-0.4, -0.2) is 24.0 Å². The van der Waals surface area contributed by atoms with E-state index in [4.69, 9.17) is 9.47 Å². The minimum absolute atomic E-state index is 0.123. The average Bonchev–Trinajstić information content (AvgIpc) is 2.87. The van der Waals surface area contributed by atoms with Crippen LogP contribution in [0.5, 0.6) is 11.5 Å². The number of ether oxygens (including phenoxy) is 2. The van der Waals surface area contributed by atoms with Gasteiger partial charge in [0.2, 0.25) is 0 Å². The number of nitrogens with one attached hydrogen (secondary N) is 4. The maximum Gasteiger partial charge on any atom is 0.265 e. The highest BCUT2D eigenvalue weighted by atomic mass is 16.5. The third-order valence-electron chi connectivity index (χ3n) is 6.29. The molecule has 0 spiro atoms. The number of carbonyl (C=O) groups is 2. The van der Waals surface area contributed by atoms with Gasteiger partial charge in [-0.1, -0.05) is 36.4 Å². The molecule has 0 saturated carbocycles. The number of hydrogen-bond donors (Lipinski definition) is 4. The lowest BCUT2D eigenvalue weighted by Gasteiger charge is -2.23. The molecule has 2 heterocycles. The largest absolute Gasteiger partial charge is 0.479 e. The molecule has 8 nitrogen and oxygen atoms in total. The maximum absolute atomic E-state index is 11.8. The Morgan fingerprint density at radius 2 is 0.972 bits per heavy atom. The summed E-state index contributed by atoms with van der Waals surface area (Å²) in [5.74, 6) is 1.17. The van der Waals surface area contributed by atoms with Crippen LogP contribution in [0, 0.1) is 0 Å². The van der Waals surface area contributed by atoms with Crippen molar-refractivity contribution in [3.63, 3.8) is 0 Å². The van der Waals surface area contributed by atoms with Gasteiger partial charge in [-0.25, -0.2) is 0 Å². The van der Waals surface area contributed by atoms with Crippen LogP contribution in [0.25, 0.3) is 0 Å². The number of amides is 2. The smallest absolute Gasteiger partial charge is 0.265 e. The molecule has 2 aliphatic heterocycles. The summed E-state index contributed by atoms with van der Waals surface area (Å²) in [6, 6.07) is 20.2. The normalized spacial score (nSPS) is 18.3. The topological polar surface area (TPSA) is 101 Å². The second-order valence-electron chi connectivity index (χ2n) is 9.18. The third-order valence-corrected chi connectivity index (χ3v) is 6.29. The van der Waals surface area contributed by atoms with Crippen LogP contribution in [-0.2, 0) is 35.8 Å². The van der Waals surface area contributed by atoms with Crippen LogP contribution in [0.3, 0.4) is 0 Å². The third kappa shape index (κ3) is 5.50. The molecule has 2 atom stereocenters. The predicted molar refractivity (Wildman–Crippen MR) is 138 cm³/mol. The Morgan fingerprint density at radius 1 is 0.611 bits per heavy atom. The lowest BCUT2D eigenvalue weighted by Crippen LogP contribution is -2.34. The van der Waals surface area contributed by atoms with E-state index in [1.807, 2.05) is 36.4 Å². The van der Waals surface area contributed by atoms with Gasteiger partial charge in [0.05, 0.1) is 11.4 Å². The molecule has 0 fully saturated rings. The van der Waals surface area contributed by atoms with Gasteiger partial charge < -0.3 is 30.7 Å². The van der Waals surface area contributed by atoms with Gasteiger partial charge in [0, 0.05) is 26.2 Å². The molecular weight excluding hydrogens is 456 g/mol. The van der Waals surface area contributed by atoms with E-state index in [-0.39, 0.29) is 11.8 Å². The van der Waals surface area contributed by atoms with Gasteiger partial charge in [-0.2, -0.15) is 0 Å². The fourth-order valence-electron chi connectivity index (χ4n) is 4.21. The first-order valence-corrected chi connectivity index (χ1v) is 12.1. The van der Waals surface area contributed by atoms with E-state index in [1.165, 1.54) is 11.1 Å². The number of benzene rings is 3. The van der Waals surface area contributed by atoms with Crippen LogP contribution in [0.4, 0.5) is 11.4 Å². The zero-order valence-corrected chi connectivity index (χ0v) is 20.4. The van der Waals surface area contributed by atoms with E-state index >= 15 is 0 Å². The zero-order chi connectivity index (χ0) is 25.1. The van der Waals surface area contributed by atoms with Crippen LogP contribution >= 0.6 is 0 Å². The van der Waals surface area contributed by atoms with E-state index in [0.29, 0.717) is 24.6 Å². The first-order valence-electron chi connectivity index (χ1n) is 12.1.